The number of aryl methyl sites for hydroxylation is 1. The third-order valence-electron chi connectivity index (χ3n) is 3.43. The van der Waals surface area contributed by atoms with Crippen molar-refractivity contribution >= 4 is 44.4 Å². The zero-order valence-electron chi connectivity index (χ0n) is 12.4. The standard InChI is InChI=1S/C17H16N2OS2/c1-3-11-8-9-13-15(10-11)22-17(18-13)19-16(20)12-6-4-5-7-14(12)21-2/h4-10H,3H2,1-2H3,(H,18,19,20). The number of amides is 1. The number of aromatic nitrogens is 1. The van der Waals surface area contributed by atoms with E-state index >= 15 is 0 Å². The van der Waals surface area contributed by atoms with Gasteiger partial charge in [0.1, 0.15) is 0 Å². The van der Waals surface area contributed by atoms with Gasteiger partial charge in [0.05, 0.1) is 15.8 Å². The molecule has 1 aromatic heterocycles. The van der Waals surface area contributed by atoms with Gasteiger partial charge in [-0.25, -0.2) is 4.98 Å². The Bertz CT molecular complexity index is 826. The van der Waals surface area contributed by atoms with Gasteiger partial charge in [-0.15, -0.1) is 11.8 Å². The van der Waals surface area contributed by atoms with E-state index in [0.29, 0.717) is 10.7 Å². The number of fused-ring (bicyclic) bond motifs is 1. The smallest absolute Gasteiger partial charge is 0.258 e. The number of rotatable bonds is 4. The summed E-state index contributed by atoms with van der Waals surface area (Å²) in [4.78, 5) is 17.9. The number of carbonyl (C=O) groups excluding carboxylic acids is 1. The Kier molecular flexibility index (Phi) is 4.45. The Morgan fingerprint density at radius 3 is 2.86 bits per heavy atom. The number of thiazole rings is 1. The van der Waals surface area contributed by atoms with Gasteiger partial charge in [0.2, 0.25) is 0 Å². The lowest BCUT2D eigenvalue weighted by atomic mass is 10.2. The van der Waals surface area contributed by atoms with E-state index < -0.39 is 0 Å². The maximum atomic E-state index is 12.4. The van der Waals surface area contributed by atoms with Gasteiger partial charge >= 0.3 is 0 Å². The van der Waals surface area contributed by atoms with Crippen LogP contribution in [0.4, 0.5) is 5.13 Å². The molecule has 3 nitrogen and oxygen atoms in total. The lowest BCUT2D eigenvalue weighted by Crippen LogP contribution is -2.12. The summed E-state index contributed by atoms with van der Waals surface area (Å²) in [6, 6.07) is 13.8. The van der Waals surface area contributed by atoms with Crippen LogP contribution in [-0.4, -0.2) is 17.1 Å². The average molecular weight is 328 g/mol. The van der Waals surface area contributed by atoms with Crippen molar-refractivity contribution in [2.75, 3.05) is 11.6 Å². The van der Waals surface area contributed by atoms with Gasteiger partial charge in [-0.1, -0.05) is 36.5 Å². The second-order valence-corrected chi connectivity index (χ2v) is 6.71. The molecule has 1 amide bonds. The van der Waals surface area contributed by atoms with Crippen LogP contribution in [0.25, 0.3) is 10.2 Å². The third kappa shape index (κ3) is 3.00. The van der Waals surface area contributed by atoms with Crippen LogP contribution in [0.3, 0.4) is 0 Å². The van der Waals surface area contributed by atoms with E-state index in [4.69, 9.17) is 0 Å². The van der Waals surface area contributed by atoms with Crippen LogP contribution in [-0.2, 0) is 6.42 Å². The molecule has 5 heteroatoms. The first-order valence-corrected chi connectivity index (χ1v) is 9.09. The highest BCUT2D eigenvalue weighted by molar-refractivity contribution is 7.98. The van der Waals surface area contributed by atoms with E-state index in [2.05, 4.69) is 29.4 Å². The monoisotopic (exact) mass is 328 g/mol. The van der Waals surface area contributed by atoms with Crippen molar-refractivity contribution < 1.29 is 4.79 Å². The second-order valence-electron chi connectivity index (χ2n) is 4.83. The Labute approximate surface area is 137 Å². The first kappa shape index (κ1) is 15.1. The van der Waals surface area contributed by atoms with Gasteiger partial charge in [-0.05, 0) is 42.5 Å². The van der Waals surface area contributed by atoms with Gasteiger partial charge in [-0.2, -0.15) is 0 Å². The van der Waals surface area contributed by atoms with Crippen LogP contribution in [0.1, 0.15) is 22.8 Å². The summed E-state index contributed by atoms with van der Waals surface area (Å²) < 4.78 is 1.10. The molecule has 0 aliphatic rings. The summed E-state index contributed by atoms with van der Waals surface area (Å²) in [5, 5.41) is 3.56. The number of nitrogens with one attached hydrogen (secondary N) is 1. The van der Waals surface area contributed by atoms with Gasteiger partial charge in [0, 0.05) is 4.90 Å². The van der Waals surface area contributed by atoms with E-state index in [1.165, 1.54) is 16.9 Å². The molecule has 0 aliphatic carbocycles. The maximum Gasteiger partial charge on any atom is 0.258 e. The summed E-state index contributed by atoms with van der Waals surface area (Å²) >= 11 is 3.08. The average Bonchev–Trinajstić information content (AvgIpc) is 2.95. The normalized spacial score (nSPS) is 10.8. The number of nitrogens with zero attached hydrogens (tertiary/aromatic N) is 1. The Morgan fingerprint density at radius 1 is 1.27 bits per heavy atom. The van der Waals surface area contributed by atoms with Gasteiger partial charge < -0.3 is 0 Å². The minimum atomic E-state index is -0.111. The predicted octanol–water partition coefficient (Wildman–Crippen LogP) is 4.83. The molecule has 22 heavy (non-hydrogen) atoms. The first-order valence-electron chi connectivity index (χ1n) is 7.05. The first-order chi connectivity index (χ1) is 10.7. The SMILES string of the molecule is CCc1ccc2nc(NC(=O)c3ccccc3SC)sc2c1. The molecule has 0 atom stereocenters. The molecule has 0 saturated heterocycles. The van der Waals surface area contributed by atoms with Crippen molar-refractivity contribution in [3.05, 3.63) is 53.6 Å². The molecule has 3 rings (SSSR count). The molecule has 3 aromatic rings. The van der Waals surface area contributed by atoms with Gasteiger partial charge in [-0.3, -0.25) is 10.1 Å². The largest absolute Gasteiger partial charge is 0.298 e. The van der Waals surface area contributed by atoms with Crippen molar-refractivity contribution in [3.8, 4) is 0 Å². The van der Waals surface area contributed by atoms with Crippen LogP contribution < -0.4 is 5.32 Å². The fourth-order valence-electron chi connectivity index (χ4n) is 2.24. The highest BCUT2D eigenvalue weighted by atomic mass is 32.2. The molecular formula is C17H16N2OS2. The molecule has 0 radical (unpaired) electrons. The summed E-state index contributed by atoms with van der Waals surface area (Å²) in [6.45, 7) is 2.13. The Morgan fingerprint density at radius 2 is 2.09 bits per heavy atom. The fraction of sp³-hybridized carbons (Fsp3) is 0.176. The lowest BCUT2D eigenvalue weighted by Gasteiger charge is -2.05. The van der Waals surface area contributed by atoms with Crippen molar-refractivity contribution in [2.45, 2.75) is 18.2 Å². The van der Waals surface area contributed by atoms with E-state index in [1.807, 2.05) is 36.6 Å². The molecule has 0 aliphatic heterocycles. The van der Waals surface area contributed by atoms with Crippen molar-refractivity contribution in [3.63, 3.8) is 0 Å². The predicted molar refractivity (Wildman–Crippen MR) is 95.2 cm³/mol. The number of anilines is 1. The highest BCUT2D eigenvalue weighted by Gasteiger charge is 2.13. The quantitative estimate of drug-likeness (QED) is 0.697. The molecule has 0 fully saturated rings. The highest BCUT2D eigenvalue weighted by Crippen LogP contribution is 2.28. The molecule has 2 aromatic carbocycles. The number of hydrogen-bond donors (Lipinski definition) is 1. The topological polar surface area (TPSA) is 42.0 Å². The van der Waals surface area contributed by atoms with Crippen molar-refractivity contribution in [1.82, 2.24) is 4.98 Å². The molecule has 0 spiro atoms. The van der Waals surface area contributed by atoms with Crippen molar-refractivity contribution in [1.29, 1.82) is 0 Å². The van der Waals surface area contributed by atoms with E-state index in [1.54, 1.807) is 11.8 Å². The van der Waals surface area contributed by atoms with Crippen LogP contribution in [0.15, 0.2) is 47.4 Å². The lowest BCUT2D eigenvalue weighted by molar-refractivity contribution is 0.102. The fourth-order valence-corrected chi connectivity index (χ4v) is 3.76. The van der Waals surface area contributed by atoms with E-state index in [0.717, 1.165) is 21.5 Å². The Hall–Kier alpha value is -1.85. The van der Waals surface area contributed by atoms with E-state index in [-0.39, 0.29) is 5.91 Å². The number of thioether (sulfide) groups is 1. The van der Waals surface area contributed by atoms with Crippen LogP contribution in [0.5, 0.6) is 0 Å². The van der Waals surface area contributed by atoms with Gasteiger partial charge in [0.15, 0.2) is 5.13 Å². The Balaban J connectivity index is 1.87. The summed E-state index contributed by atoms with van der Waals surface area (Å²) in [7, 11) is 0. The molecular weight excluding hydrogens is 312 g/mol. The summed E-state index contributed by atoms with van der Waals surface area (Å²) in [5.41, 5.74) is 2.89. The minimum Gasteiger partial charge on any atom is -0.298 e. The molecule has 0 bridgehead atoms. The van der Waals surface area contributed by atoms with Gasteiger partial charge in [0.25, 0.3) is 5.91 Å². The molecule has 0 saturated carbocycles. The maximum absolute atomic E-state index is 12.4. The zero-order chi connectivity index (χ0) is 15.5. The number of carbonyl (C=O) groups is 1. The zero-order valence-corrected chi connectivity index (χ0v) is 14.1. The summed E-state index contributed by atoms with van der Waals surface area (Å²) in [5.74, 6) is -0.111. The molecule has 112 valence electrons. The third-order valence-corrected chi connectivity index (χ3v) is 5.16. The second kappa shape index (κ2) is 6.50. The molecule has 1 heterocycles. The number of hydrogen-bond acceptors (Lipinski definition) is 4. The molecule has 1 N–H and O–H groups in total. The van der Waals surface area contributed by atoms with Crippen LogP contribution in [0, 0.1) is 0 Å². The van der Waals surface area contributed by atoms with E-state index in [9.17, 15) is 4.79 Å². The minimum absolute atomic E-state index is 0.111. The van der Waals surface area contributed by atoms with Crippen LogP contribution >= 0.6 is 23.1 Å². The number of benzene rings is 2. The van der Waals surface area contributed by atoms with Crippen LogP contribution in [0.2, 0.25) is 0 Å². The van der Waals surface area contributed by atoms with Crippen molar-refractivity contribution in [2.24, 2.45) is 0 Å². The summed E-state index contributed by atoms with van der Waals surface area (Å²) in [6.07, 6.45) is 2.96. The molecule has 0 unspecified atom stereocenters.